The summed E-state index contributed by atoms with van der Waals surface area (Å²) in [5.41, 5.74) is 0. The van der Waals surface area contributed by atoms with Crippen LogP contribution < -0.4 is 0 Å². The Morgan fingerprint density at radius 2 is 2.12 bits per heavy atom. The smallest absolute Gasteiger partial charge is 0.158 e. The SMILES string of the molecule is O=C[C@@H](CN1CCOCC1)OC1CCCCO1. The first kappa shape index (κ1) is 13.0. The van der Waals surface area contributed by atoms with E-state index in [1.165, 1.54) is 0 Å². The summed E-state index contributed by atoms with van der Waals surface area (Å²) in [7, 11) is 0. The largest absolute Gasteiger partial charge is 0.379 e. The zero-order valence-electron chi connectivity index (χ0n) is 10.2. The van der Waals surface area contributed by atoms with Gasteiger partial charge in [0.15, 0.2) is 6.29 Å². The van der Waals surface area contributed by atoms with Gasteiger partial charge in [-0.1, -0.05) is 0 Å². The van der Waals surface area contributed by atoms with Crippen molar-refractivity contribution in [3.8, 4) is 0 Å². The summed E-state index contributed by atoms with van der Waals surface area (Å²) in [4.78, 5) is 13.2. The van der Waals surface area contributed by atoms with E-state index in [1.807, 2.05) is 0 Å². The molecular formula is C12H21NO4. The second kappa shape index (κ2) is 7.06. The highest BCUT2D eigenvalue weighted by atomic mass is 16.7. The number of morpholine rings is 1. The highest BCUT2D eigenvalue weighted by Gasteiger charge is 2.22. The molecule has 0 amide bonds. The first-order valence-electron chi connectivity index (χ1n) is 6.41. The highest BCUT2D eigenvalue weighted by molar-refractivity contribution is 5.56. The van der Waals surface area contributed by atoms with Gasteiger partial charge in [-0.05, 0) is 19.3 Å². The third-order valence-electron chi connectivity index (χ3n) is 3.16. The van der Waals surface area contributed by atoms with Crippen LogP contribution in [0.4, 0.5) is 0 Å². The zero-order chi connectivity index (χ0) is 11.9. The Morgan fingerprint density at radius 3 is 2.76 bits per heavy atom. The van der Waals surface area contributed by atoms with E-state index in [-0.39, 0.29) is 12.4 Å². The lowest BCUT2D eigenvalue weighted by atomic mass is 10.2. The number of carbonyl (C=O) groups is 1. The number of hydrogen-bond donors (Lipinski definition) is 0. The van der Waals surface area contributed by atoms with Crippen LogP contribution in [0.3, 0.4) is 0 Å². The van der Waals surface area contributed by atoms with Crippen molar-refractivity contribution < 1.29 is 19.0 Å². The molecule has 2 atom stereocenters. The monoisotopic (exact) mass is 243 g/mol. The summed E-state index contributed by atoms with van der Waals surface area (Å²) in [5, 5.41) is 0. The fourth-order valence-corrected chi connectivity index (χ4v) is 2.17. The second-order valence-corrected chi connectivity index (χ2v) is 4.52. The van der Waals surface area contributed by atoms with Gasteiger partial charge in [0.1, 0.15) is 12.4 Å². The molecule has 0 aromatic rings. The molecule has 17 heavy (non-hydrogen) atoms. The molecule has 0 aromatic heterocycles. The molecule has 5 nitrogen and oxygen atoms in total. The van der Waals surface area contributed by atoms with E-state index in [4.69, 9.17) is 14.2 Å². The summed E-state index contributed by atoms with van der Waals surface area (Å²) in [5.74, 6) is 0. The van der Waals surface area contributed by atoms with Gasteiger partial charge in [0.2, 0.25) is 0 Å². The Kier molecular flexibility index (Phi) is 5.38. The van der Waals surface area contributed by atoms with Crippen LogP contribution in [-0.4, -0.2) is 63.0 Å². The molecule has 2 fully saturated rings. The van der Waals surface area contributed by atoms with Crippen molar-refractivity contribution >= 4 is 6.29 Å². The van der Waals surface area contributed by atoms with Crippen molar-refractivity contribution in [3.05, 3.63) is 0 Å². The van der Waals surface area contributed by atoms with Gasteiger partial charge >= 0.3 is 0 Å². The molecule has 0 aromatic carbocycles. The van der Waals surface area contributed by atoms with Gasteiger partial charge in [-0.2, -0.15) is 0 Å². The molecule has 0 N–H and O–H groups in total. The maximum atomic E-state index is 11.0. The van der Waals surface area contributed by atoms with Crippen LogP contribution in [0.2, 0.25) is 0 Å². The van der Waals surface area contributed by atoms with Gasteiger partial charge in [0, 0.05) is 26.2 Å². The Hall–Kier alpha value is -0.490. The summed E-state index contributed by atoms with van der Waals surface area (Å²) < 4.78 is 16.4. The number of ether oxygens (including phenoxy) is 3. The van der Waals surface area contributed by atoms with Gasteiger partial charge < -0.3 is 19.0 Å². The molecule has 0 aliphatic carbocycles. The van der Waals surface area contributed by atoms with Crippen molar-refractivity contribution in [2.75, 3.05) is 39.5 Å². The summed E-state index contributed by atoms with van der Waals surface area (Å²) in [6.07, 6.45) is 3.42. The highest BCUT2D eigenvalue weighted by Crippen LogP contribution is 2.15. The van der Waals surface area contributed by atoms with Crippen LogP contribution in [0.1, 0.15) is 19.3 Å². The van der Waals surface area contributed by atoms with Gasteiger partial charge in [-0.3, -0.25) is 4.90 Å². The minimum Gasteiger partial charge on any atom is -0.379 e. The lowest BCUT2D eigenvalue weighted by molar-refractivity contribution is -0.190. The van der Waals surface area contributed by atoms with Crippen LogP contribution in [-0.2, 0) is 19.0 Å². The van der Waals surface area contributed by atoms with Gasteiger partial charge in [0.25, 0.3) is 0 Å². The maximum absolute atomic E-state index is 11.0. The lowest BCUT2D eigenvalue weighted by Gasteiger charge is -2.31. The third kappa shape index (κ3) is 4.35. The standard InChI is InChI=1S/C12H21NO4/c14-10-11(9-13-4-7-15-8-5-13)17-12-3-1-2-6-16-12/h10-12H,1-9H2/t11-,12?/m1/s1. The Morgan fingerprint density at radius 1 is 1.29 bits per heavy atom. The molecule has 2 rings (SSSR count). The molecule has 1 unspecified atom stereocenters. The lowest BCUT2D eigenvalue weighted by Crippen LogP contribution is -2.43. The average molecular weight is 243 g/mol. The predicted octanol–water partition coefficient (Wildman–Crippen LogP) is 0.429. The molecule has 0 saturated carbocycles. The molecular weight excluding hydrogens is 222 g/mol. The van der Waals surface area contributed by atoms with E-state index in [0.717, 1.165) is 58.5 Å². The third-order valence-corrected chi connectivity index (χ3v) is 3.16. The van der Waals surface area contributed by atoms with Crippen molar-refractivity contribution in [2.45, 2.75) is 31.7 Å². The van der Waals surface area contributed by atoms with Crippen molar-refractivity contribution in [2.24, 2.45) is 0 Å². The quantitative estimate of drug-likeness (QED) is 0.655. The number of rotatable bonds is 5. The molecule has 0 spiro atoms. The number of carbonyl (C=O) groups excluding carboxylic acids is 1. The summed E-state index contributed by atoms with van der Waals surface area (Å²) >= 11 is 0. The van der Waals surface area contributed by atoms with Crippen LogP contribution in [0.15, 0.2) is 0 Å². The second-order valence-electron chi connectivity index (χ2n) is 4.52. The minimum atomic E-state index is -0.379. The average Bonchev–Trinajstić information content (AvgIpc) is 2.40. The number of hydrogen-bond acceptors (Lipinski definition) is 5. The number of nitrogens with zero attached hydrogens (tertiary/aromatic N) is 1. The van der Waals surface area contributed by atoms with Crippen molar-refractivity contribution in [1.82, 2.24) is 4.90 Å². The molecule has 2 aliphatic heterocycles. The van der Waals surface area contributed by atoms with Gasteiger partial charge in [-0.15, -0.1) is 0 Å². The number of aldehydes is 1. The molecule has 0 radical (unpaired) electrons. The first-order chi connectivity index (χ1) is 8.38. The van der Waals surface area contributed by atoms with E-state index >= 15 is 0 Å². The van der Waals surface area contributed by atoms with Crippen molar-refractivity contribution in [3.63, 3.8) is 0 Å². The van der Waals surface area contributed by atoms with E-state index in [9.17, 15) is 4.79 Å². The molecule has 5 heteroatoms. The van der Waals surface area contributed by atoms with E-state index in [2.05, 4.69) is 4.90 Å². The normalized spacial score (nSPS) is 28.8. The van der Waals surface area contributed by atoms with Crippen LogP contribution in [0, 0.1) is 0 Å². The van der Waals surface area contributed by atoms with E-state index in [0.29, 0.717) is 6.54 Å². The first-order valence-corrected chi connectivity index (χ1v) is 6.41. The van der Waals surface area contributed by atoms with Crippen LogP contribution in [0.25, 0.3) is 0 Å². The molecule has 2 saturated heterocycles. The van der Waals surface area contributed by atoms with E-state index < -0.39 is 0 Å². The Balaban J connectivity index is 1.72. The van der Waals surface area contributed by atoms with Gasteiger partial charge in [0.05, 0.1) is 13.2 Å². The Bertz CT molecular complexity index is 205. The van der Waals surface area contributed by atoms with Crippen LogP contribution >= 0.6 is 0 Å². The molecule has 2 heterocycles. The molecule has 0 bridgehead atoms. The minimum absolute atomic E-state index is 0.194. The Labute approximate surface area is 102 Å². The maximum Gasteiger partial charge on any atom is 0.158 e. The van der Waals surface area contributed by atoms with E-state index in [1.54, 1.807) is 0 Å². The van der Waals surface area contributed by atoms with Crippen molar-refractivity contribution in [1.29, 1.82) is 0 Å². The fourth-order valence-electron chi connectivity index (χ4n) is 2.17. The fraction of sp³-hybridized carbons (Fsp3) is 0.917. The molecule has 98 valence electrons. The van der Waals surface area contributed by atoms with Gasteiger partial charge in [-0.25, -0.2) is 0 Å². The topological polar surface area (TPSA) is 48.0 Å². The summed E-state index contributed by atoms with van der Waals surface area (Å²) in [6, 6.07) is 0. The predicted molar refractivity (Wildman–Crippen MR) is 61.8 cm³/mol. The molecule has 2 aliphatic rings. The zero-order valence-corrected chi connectivity index (χ0v) is 10.2. The van der Waals surface area contributed by atoms with Crippen LogP contribution in [0.5, 0.6) is 0 Å². The summed E-state index contributed by atoms with van der Waals surface area (Å²) in [6.45, 7) is 4.62.